The van der Waals surface area contributed by atoms with Gasteiger partial charge in [-0.2, -0.15) is 0 Å². The molecule has 0 heterocycles. The number of ether oxygens (including phenoxy) is 1. The number of esters is 1. The minimum absolute atomic E-state index is 0.263. The molecule has 0 aliphatic carbocycles. The summed E-state index contributed by atoms with van der Waals surface area (Å²) in [6, 6.07) is 9.95. The number of benzene rings is 2. The summed E-state index contributed by atoms with van der Waals surface area (Å²) in [6.45, 7) is 5.20. The van der Waals surface area contributed by atoms with Crippen molar-refractivity contribution in [2.75, 3.05) is 22.5 Å². The van der Waals surface area contributed by atoms with Gasteiger partial charge in [-0.3, -0.25) is 9.10 Å². The van der Waals surface area contributed by atoms with Crippen molar-refractivity contribution in [1.29, 1.82) is 0 Å². The Hall–Kier alpha value is -2.58. The van der Waals surface area contributed by atoms with Gasteiger partial charge in [0.05, 0.1) is 24.1 Å². The van der Waals surface area contributed by atoms with Crippen LogP contribution < -0.4 is 9.62 Å². The maximum absolute atomic E-state index is 12.7. The van der Waals surface area contributed by atoms with Crippen LogP contribution in [0, 0.1) is 6.92 Å². The summed E-state index contributed by atoms with van der Waals surface area (Å²) in [6.07, 6.45) is 1.03. The molecule has 1 N–H and O–H groups in total. The zero-order valence-electron chi connectivity index (χ0n) is 16.6. The van der Waals surface area contributed by atoms with E-state index >= 15 is 0 Å². The maximum Gasteiger partial charge on any atom is 0.338 e. The van der Waals surface area contributed by atoms with Crippen LogP contribution in [0.1, 0.15) is 29.8 Å². The third-order valence-electron chi connectivity index (χ3n) is 4.16. The minimum Gasteiger partial charge on any atom is -0.462 e. The molecule has 2 rings (SSSR count). The molecule has 1 atom stereocenters. The lowest BCUT2D eigenvalue weighted by molar-refractivity contribution is -0.116. The second-order valence-corrected chi connectivity index (χ2v) is 8.75. The van der Waals surface area contributed by atoms with E-state index in [1.165, 1.54) is 25.1 Å². The van der Waals surface area contributed by atoms with E-state index < -0.39 is 27.9 Å². The molecular weight excluding hydrogens is 416 g/mol. The molecular formula is C20H23ClN2O5S. The largest absolute Gasteiger partial charge is 0.462 e. The lowest BCUT2D eigenvalue weighted by Crippen LogP contribution is -2.45. The van der Waals surface area contributed by atoms with Gasteiger partial charge in [0.2, 0.25) is 15.9 Å². The van der Waals surface area contributed by atoms with Gasteiger partial charge in [0.25, 0.3) is 0 Å². The Labute approximate surface area is 175 Å². The second kappa shape index (κ2) is 9.28. The summed E-state index contributed by atoms with van der Waals surface area (Å²) in [7, 11) is -3.77. The predicted molar refractivity (Wildman–Crippen MR) is 114 cm³/mol. The number of amides is 1. The zero-order valence-corrected chi connectivity index (χ0v) is 18.2. The Balaban J connectivity index is 2.26. The van der Waals surface area contributed by atoms with Crippen molar-refractivity contribution < 1.29 is 22.7 Å². The number of rotatable bonds is 7. The Morgan fingerprint density at radius 1 is 1.17 bits per heavy atom. The molecule has 0 saturated carbocycles. The number of carbonyl (C=O) groups excluding carboxylic acids is 2. The average Bonchev–Trinajstić information content (AvgIpc) is 2.64. The normalized spacial score (nSPS) is 12.2. The van der Waals surface area contributed by atoms with Crippen LogP contribution in [0.2, 0.25) is 5.02 Å². The van der Waals surface area contributed by atoms with Crippen molar-refractivity contribution in [2.45, 2.75) is 26.8 Å². The SMILES string of the molecule is CCOC(=O)c1ccc(NC(=O)[C@H](C)N(c2cc(Cl)ccc2C)S(C)(=O)=O)cc1. The van der Waals surface area contributed by atoms with Crippen molar-refractivity contribution in [2.24, 2.45) is 0 Å². The topological polar surface area (TPSA) is 92.8 Å². The number of hydrogen-bond acceptors (Lipinski definition) is 5. The number of anilines is 2. The number of carbonyl (C=O) groups is 2. The van der Waals surface area contributed by atoms with E-state index in [-0.39, 0.29) is 6.61 Å². The van der Waals surface area contributed by atoms with Gasteiger partial charge >= 0.3 is 5.97 Å². The van der Waals surface area contributed by atoms with E-state index in [0.29, 0.717) is 27.5 Å². The number of hydrogen-bond donors (Lipinski definition) is 1. The van der Waals surface area contributed by atoms with Crippen LogP contribution in [0.5, 0.6) is 0 Å². The van der Waals surface area contributed by atoms with Gasteiger partial charge in [-0.25, -0.2) is 13.2 Å². The molecule has 0 saturated heterocycles. The third kappa shape index (κ3) is 5.71. The minimum atomic E-state index is -3.77. The monoisotopic (exact) mass is 438 g/mol. The van der Waals surface area contributed by atoms with Crippen LogP contribution in [0.25, 0.3) is 0 Å². The maximum atomic E-state index is 12.7. The van der Waals surface area contributed by atoms with Crippen molar-refractivity contribution in [1.82, 2.24) is 0 Å². The standard InChI is InChI=1S/C20H23ClN2O5S/c1-5-28-20(25)15-7-10-17(11-8-15)22-19(24)14(3)23(29(4,26)27)18-12-16(21)9-6-13(18)2/h6-12,14H,5H2,1-4H3,(H,22,24)/t14-/m0/s1. The molecule has 7 nitrogen and oxygen atoms in total. The quantitative estimate of drug-likeness (QED) is 0.666. The molecule has 0 aliphatic heterocycles. The molecule has 9 heteroatoms. The summed E-state index contributed by atoms with van der Waals surface area (Å²) in [5.41, 5.74) is 1.77. The number of nitrogens with zero attached hydrogens (tertiary/aromatic N) is 1. The first-order chi connectivity index (χ1) is 13.5. The van der Waals surface area contributed by atoms with Gasteiger partial charge in [0.15, 0.2) is 0 Å². The highest BCUT2D eigenvalue weighted by atomic mass is 35.5. The molecule has 29 heavy (non-hydrogen) atoms. The van der Waals surface area contributed by atoms with Crippen LogP contribution in [0.3, 0.4) is 0 Å². The smallest absolute Gasteiger partial charge is 0.338 e. The van der Waals surface area contributed by atoms with Gasteiger partial charge in [-0.1, -0.05) is 17.7 Å². The highest BCUT2D eigenvalue weighted by Gasteiger charge is 2.30. The highest BCUT2D eigenvalue weighted by Crippen LogP contribution is 2.28. The number of sulfonamides is 1. The molecule has 0 aliphatic rings. The van der Waals surface area contributed by atoms with Crippen molar-refractivity contribution in [3.8, 4) is 0 Å². The van der Waals surface area contributed by atoms with E-state index in [2.05, 4.69) is 5.32 Å². The Bertz CT molecular complexity index is 1010. The average molecular weight is 439 g/mol. The molecule has 0 radical (unpaired) electrons. The van der Waals surface area contributed by atoms with E-state index in [9.17, 15) is 18.0 Å². The third-order valence-corrected chi connectivity index (χ3v) is 5.62. The molecule has 2 aromatic carbocycles. The van der Waals surface area contributed by atoms with Gasteiger partial charge in [-0.15, -0.1) is 0 Å². The molecule has 156 valence electrons. The summed E-state index contributed by atoms with van der Waals surface area (Å²) in [5.74, 6) is -0.989. The van der Waals surface area contributed by atoms with Crippen LogP contribution in [-0.2, 0) is 19.6 Å². The highest BCUT2D eigenvalue weighted by molar-refractivity contribution is 7.92. The summed E-state index contributed by atoms with van der Waals surface area (Å²) >= 11 is 6.03. The Morgan fingerprint density at radius 2 is 1.79 bits per heavy atom. The first-order valence-corrected chi connectivity index (χ1v) is 11.1. The van der Waals surface area contributed by atoms with E-state index in [0.717, 1.165) is 10.6 Å². The fraction of sp³-hybridized carbons (Fsp3) is 0.300. The van der Waals surface area contributed by atoms with Crippen molar-refractivity contribution >= 4 is 44.9 Å². The fourth-order valence-corrected chi connectivity index (χ4v) is 4.14. The fourth-order valence-electron chi connectivity index (χ4n) is 2.75. The molecule has 1 amide bonds. The van der Waals surface area contributed by atoms with Crippen LogP contribution in [-0.4, -0.2) is 39.2 Å². The van der Waals surface area contributed by atoms with Crippen molar-refractivity contribution in [3.63, 3.8) is 0 Å². The van der Waals surface area contributed by atoms with E-state index in [1.54, 1.807) is 38.1 Å². The van der Waals surface area contributed by atoms with Crippen LogP contribution >= 0.6 is 11.6 Å². The molecule has 0 bridgehead atoms. The van der Waals surface area contributed by atoms with Crippen molar-refractivity contribution in [3.05, 3.63) is 58.6 Å². The first kappa shape index (κ1) is 22.7. The Morgan fingerprint density at radius 3 is 2.34 bits per heavy atom. The van der Waals surface area contributed by atoms with Gasteiger partial charge in [-0.05, 0) is 62.7 Å². The van der Waals surface area contributed by atoms with E-state index in [1.807, 2.05) is 0 Å². The van der Waals surface area contributed by atoms with Gasteiger partial charge in [0, 0.05) is 10.7 Å². The lowest BCUT2D eigenvalue weighted by Gasteiger charge is -2.29. The summed E-state index contributed by atoms with van der Waals surface area (Å²) in [4.78, 5) is 24.5. The predicted octanol–water partition coefficient (Wildman–Crippen LogP) is 3.62. The number of nitrogens with one attached hydrogen (secondary N) is 1. The molecule has 0 fully saturated rings. The summed E-state index contributed by atoms with van der Waals surface area (Å²) in [5, 5.41) is 3.03. The van der Waals surface area contributed by atoms with Crippen LogP contribution in [0.4, 0.5) is 11.4 Å². The number of halogens is 1. The Kier molecular flexibility index (Phi) is 7.26. The zero-order chi connectivity index (χ0) is 21.8. The lowest BCUT2D eigenvalue weighted by atomic mass is 10.1. The molecule has 0 aromatic heterocycles. The summed E-state index contributed by atoms with van der Waals surface area (Å²) < 4.78 is 30.8. The number of aryl methyl sites for hydroxylation is 1. The first-order valence-electron chi connectivity index (χ1n) is 8.88. The van der Waals surface area contributed by atoms with E-state index in [4.69, 9.17) is 16.3 Å². The molecule has 0 unspecified atom stereocenters. The van der Waals surface area contributed by atoms with Gasteiger partial charge < -0.3 is 10.1 Å². The molecule has 0 spiro atoms. The van der Waals surface area contributed by atoms with Gasteiger partial charge in [0.1, 0.15) is 6.04 Å². The second-order valence-electron chi connectivity index (χ2n) is 6.45. The molecule has 2 aromatic rings. The van der Waals surface area contributed by atoms with Crippen LogP contribution in [0.15, 0.2) is 42.5 Å².